The maximum atomic E-state index is 2.36. The Balaban J connectivity index is 1.86. The zero-order valence-corrected chi connectivity index (χ0v) is 15.7. The third kappa shape index (κ3) is 3.62. The van der Waals surface area contributed by atoms with E-state index in [4.69, 9.17) is 0 Å². The monoisotopic (exact) mass is 352 g/mol. The molecule has 0 heterocycles. The Hall–Kier alpha value is -2.69. The number of hydrogen-bond donors (Lipinski definition) is 0. The largest absolute Gasteiger partial charge is 0.0622 e. The summed E-state index contributed by atoms with van der Waals surface area (Å²) in [7, 11) is -0.384. The molecule has 0 aromatic heterocycles. The molecule has 1 unspecified atom stereocenters. The molecule has 0 nitrogen and oxygen atoms in total. The van der Waals surface area contributed by atoms with Gasteiger partial charge in [0.2, 0.25) is 0 Å². The van der Waals surface area contributed by atoms with Gasteiger partial charge in [-0.25, -0.2) is 0 Å². The summed E-state index contributed by atoms with van der Waals surface area (Å²) >= 11 is 0. The van der Waals surface area contributed by atoms with Crippen LogP contribution >= 0.6 is 7.92 Å². The number of rotatable bonds is 4. The minimum atomic E-state index is -0.384. The summed E-state index contributed by atoms with van der Waals surface area (Å²) in [6.07, 6.45) is 0. The maximum Gasteiger partial charge on any atom is -0.0171 e. The summed E-state index contributed by atoms with van der Waals surface area (Å²) in [5.74, 6) is 0. The second kappa shape index (κ2) is 7.68. The van der Waals surface area contributed by atoms with Gasteiger partial charge in [-0.3, -0.25) is 0 Å². The normalized spacial score (nSPS) is 11.9. The van der Waals surface area contributed by atoms with Gasteiger partial charge in [-0.1, -0.05) is 91.0 Å². The second-order valence-corrected chi connectivity index (χ2v) is 8.55. The second-order valence-electron chi connectivity index (χ2n) is 6.40. The van der Waals surface area contributed by atoms with Crippen molar-refractivity contribution >= 4 is 18.5 Å². The molecule has 4 aromatic rings. The first-order valence-corrected chi connectivity index (χ1v) is 10.6. The van der Waals surface area contributed by atoms with E-state index in [1.54, 1.807) is 0 Å². The van der Waals surface area contributed by atoms with Crippen LogP contribution in [0.3, 0.4) is 0 Å². The lowest BCUT2D eigenvalue weighted by Crippen LogP contribution is -2.11. The standard InChI is InChI=1S/C25H21P/c1-26(24-15-9-4-10-16-24)25-18-22(20-11-5-2-6-12-20)17-23(19-25)21-13-7-3-8-14-21/h2-19H,1H3. The van der Waals surface area contributed by atoms with Crippen LogP contribution in [0.1, 0.15) is 0 Å². The highest BCUT2D eigenvalue weighted by Crippen LogP contribution is 2.34. The van der Waals surface area contributed by atoms with Gasteiger partial charge in [0.1, 0.15) is 0 Å². The fraction of sp³-hybridized carbons (Fsp3) is 0.0400. The zero-order chi connectivity index (χ0) is 17.8. The number of hydrogen-bond acceptors (Lipinski definition) is 0. The molecule has 0 aliphatic carbocycles. The fourth-order valence-corrected chi connectivity index (χ4v) is 4.78. The van der Waals surface area contributed by atoms with Gasteiger partial charge in [0, 0.05) is 0 Å². The van der Waals surface area contributed by atoms with Crippen LogP contribution in [0.4, 0.5) is 0 Å². The molecule has 0 radical (unpaired) electrons. The average Bonchev–Trinajstić information content (AvgIpc) is 2.75. The molecule has 0 aliphatic heterocycles. The van der Waals surface area contributed by atoms with Crippen molar-refractivity contribution in [3.8, 4) is 22.3 Å². The summed E-state index contributed by atoms with van der Waals surface area (Å²) in [5, 5.41) is 2.82. The van der Waals surface area contributed by atoms with Crippen molar-refractivity contribution in [2.45, 2.75) is 0 Å². The van der Waals surface area contributed by atoms with Crippen LogP contribution in [0.15, 0.2) is 109 Å². The lowest BCUT2D eigenvalue weighted by molar-refractivity contribution is 1.60. The molecular weight excluding hydrogens is 331 g/mol. The van der Waals surface area contributed by atoms with Gasteiger partial charge in [-0.05, 0) is 65.6 Å². The molecular formula is C25H21P. The summed E-state index contributed by atoms with van der Waals surface area (Å²) in [4.78, 5) is 0. The Morgan fingerprint density at radius 3 is 1.31 bits per heavy atom. The molecule has 0 amide bonds. The van der Waals surface area contributed by atoms with Crippen molar-refractivity contribution in [1.29, 1.82) is 0 Å². The molecule has 126 valence electrons. The van der Waals surface area contributed by atoms with Crippen molar-refractivity contribution in [2.24, 2.45) is 0 Å². The van der Waals surface area contributed by atoms with Crippen molar-refractivity contribution in [1.82, 2.24) is 0 Å². The quantitative estimate of drug-likeness (QED) is 0.390. The van der Waals surface area contributed by atoms with E-state index in [-0.39, 0.29) is 7.92 Å². The van der Waals surface area contributed by atoms with E-state index in [9.17, 15) is 0 Å². The molecule has 0 saturated heterocycles. The first-order valence-electron chi connectivity index (χ1n) is 8.86. The SMILES string of the molecule is CP(c1ccccc1)c1cc(-c2ccccc2)cc(-c2ccccc2)c1. The number of benzene rings is 4. The lowest BCUT2D eigenvalue weighted by atomic mass is 9.99. The predicted molar refractivity (Wildman–Crippen MR) is 116 cm³/mol. The van der Waals surface area contributed by atoms with Crippen LogP contribution < -0.4 is 10.6 Å². The Bertz CT molecular complexity index is 919. The molecule has 4 rings (SSSR count). The van der Waals surface area contributed by atoms with Gasteiger partial charge < -0.3 is 0 Å². The molecule has 0 saturated carbocycles. The van der Waals surface area contributed by atoms with E-state index >= 15 is 0 Å². The molecule has 1 heteroatoms. The van der Waals surface area contributed by atoms with Crippen molar-refractivity contribution in [2.75, 3.05) is 6.66 Å². The fourth-order valence-electron chi connectivity index (χ4n) is 3.20. The van der Waals surface area contributed by atoms with Crippen LogP contribution in [0.25, 0.3) is 22.3 Å². The van der Waals surface area contributed by atoms with Crippen LogP contribution in [-0.4, -0.2) is 6.66 Å². The summed E-state index contributed by atoms with van der Waals surface area (Å²) in [5.41, 5.74) is 5.10. The van der Waals surface area contributed by atoms with Crippen LogP contribution in [-0.2, 0) is 0 Å². The minimum absolute atomic E-state index is 0.384. The Labute approximate surface area is 156 Å². The molecule has 4 aromatic carbocycles. The van der Waals surface area contributed by atoms with E-state index in [0.717, 1.165) is 0 Å². The van der Waals surface area contributed by atoms with E-state index in [0.29, 0.717) is 0 Å². The van der Waals surface area contributed by atoms with Gasteiger partial charge in [0.15, 0.2) is 0 Å². The molecule has 1 atom stereocenters. The highest BCUT2D eigenvalue weighted by Gasteiger charge is 2.12. The van der Waals surface area contributed by atoms with Crippen LogP contribution in [0, 0.1) is 0 Å². The minimum Gasteiger partial charge on any atom is -0.0622 e. The Kier molecular flexibility index (Phi) is 4.95. The van der Waals surface area contributed by atoms with E-state index in [1.807, 2.05) is 0 Å². The van der Waals surface area contributed by atoms with Gasteiger partial charge in [0.25, 0.3) is 0 Å². The highest BCUT2D eigenvalue weighted by atomic mass is 31.1. The zero-order valence-electron chi connectivity index (χ0n) is 14.8. The highest BCUT2D eigenvalue weighted by molar-refractivity contribution is 7.72. The van der Waals surface area contributed by atoms with Gasteiger partial charge in [0.05, 0.1) is 0 Å². The molecule has 0 spiro atoms. The predicted octanol–water partition coefficient (Wildman–Crippen LogP) is 6.08. The Morgan fingerprint density at radius 1 is 0.423 bits per heavy atom. The maximum absolute atomic E-state index is 2.36. The van der Waals surface area contributed by atoms with Crippen LogP contribution in [0.5, 0.6) is 0 Å². The third-order valence-corrected chi connectivity index (χ3v) is 6.77. The molecule has 0 bridgehead atoms. The summed E-state index contributed by atoms with van der Waals surface area (Å²) < 4.78 is 0. The van der Waals surface area contributed by atoms with Gasteiger partial charge >= 0.3 is 0 Å². The Morgan fingerprint density at radius 2 is 0.846 bits per heavy atom. The van der Waals surface area contributed by atoms with E-state index in [2.05, 4.69) is 116 Å². The van der Waals surface area contributed by atoms with Gasteiger partial charge in [-0.2, -0.15) is 0 Å². The molecule has 0 aliphatic rings. The molecule has 0 N–H and O–H groups in total. The van der Waals surface area contributed by atoms with Crippen molar-refractivity contribution < 1.29 is 0 Å². The van der Waals surface area contributed by atoms with Crippen molar-refractivity contribution in [3.63, 3.8) is 0 Å². The lowest BCUT2D eigenvalue weighted by Gasteiger charge is -2.17. The first kappa shape index (κ1) is 16.8. The third-order valence-electron chi connectivity index (χ3n) is 4.66. The smallest absolute Gasteiger partial charge is 0.0171 e. The first-order chi connectivity index (χ1) is 12.8. The summed E-state index contributed by atoms with van der Waals surface area (Å²) in [6, 6.07) is 39.2. The van der Waals surface area contributed by atoms with Gasteiger partial charge in [-0.15, -0.1) is 0 Å². The average molecular weight is 352 g/mol. The van der Waals surface area contributed by atoms with E-state index < -0.39 is 0 Å². The van der Waals surface area contributed by atoms with E-state index in [1.165, 1.54) is 32.9 Å². The molecule has 0 fully saturated rings. The summed E-state index contributed by atoms with van der Waals surface area (Å²) in [6.45, 7) is 2.35. The van der Waals surface area contributed by atoms with Crippen molar-refractivity contribution in [3.05, 3.63) is 109 Å². The molecule has 26 heavy (non-hydrogen) atoms. The topological polar surface area (TPSA) is 0 Å². The van der Waals surface area contributed by atoms with Crippen LogP contribution in [0.2, 0.25) is 0 Å².